The third-order valence-corrected chi connectivity index (χ3v) is 1.56. The van der Waals surface area contributed by atoms with Gasteiger partial charge >= 0.3 is 0 Å². The van der Waals surface area contributed by atoms with E-state index in [-0.39, 0.29) is 0 Å². The Kier molecular flexibility index (Phi) is 2.93. The fraction of sp³-hybridized carbons (Fsp3) is 0.286. The molecule has 0 unspecified atom stereocenters. The molecule has 0 fully saturated rings. The smallest absolute Gasteiger partial charge is 0.264 e. The van der Waals surface area contributed by atoms with Gasteiger partial charge in [-0.15, -0.1) is 0 Å². The quantitative estimate of drug-likeness (QED) is 0.599. The van der Waals surface area contributed by atoms with Gasteiger partial charge in [0.25, 0.3) is 5.17 Å². The first-order valence-corrected chi connectivity index (χ1v) is 3.75. The zero-order valence-electron chi connectivity index (χ0n) is 6.89. The van der Waals surface area contributed by atoms with Crippen molar-refractivity contribution in [1.29, 1.82) is 0 Å². The van der Waals surface area contributed by atoms with Crippen molar-refractivity contribution >= 4 is 17.4 Å². The van der Waals surface area contributed by atoms with Crippen molar-refractivity contribution in [1.82, 2.24) is 14.9 Å². The van der Waals surface area contributed by atoms with Gasteiger partial charge in [0.2, 0.25) is 0 Å². The lowest BCUT2D eigenvalue weighted by Gasteiger charge is -2.12. The number of nitrogens with zero attached hydrogens (tertiary/aromatic N) is 3. The molecule has 0 aliphatic rings. The van der Waals surface area contributed by atoms with E-state index in [1.165, 1.54) is 6.33 Å². The molecule has 0 amide bonds. The van der Waals surface area contributed by atoms with Crippen LogP contribution in [0.15, 0.2) is 18.7 Å². The van der Waals surface area contributed by atoms with Crippen molar-refractivity contribution in [2.45, 2.75) is 0 Å². The maximum absolute atomic E-state index is 5.21. The first kappa shape index (κ1) is 8.86. The SMILES string of the molecule is CN(C)C(=S)Oc1cncnc1. The highest BCUT2D eigenvalue weighted by Crippen LogP contribution is 2.05. The van der Waals surface area contributed by atoms with Gasteiger partial charge in [-0.05, 0) is 12.2 Å². The van der Waals surface area contributed by atoms with Crippen LogP contribution in [0, 0.1) is 0 Å². The summed E-state index contributed by atoms with van der Waals surface area (Å²) in [7, 11) is 3.62. The standard InChI is InChI=1S/C7H9N3OS/c1-10(2)7(12)11-6-3-8-5-9-4-6/h3-5H,1-2H3. The Bertz CT molecular complexity index is 263. The maximum atomic E-state index is 5.21. The van der Waals surface area contributed by atoms with Gasteiger partial charge in [-0.3, -0.25) is 0 Å². The molecule has 0 bridgehead atoms. The first-order chi connectivity index (χ1) is 5.70. The minimum absolute atomic E-state index is 0.393. The minimum Gasteiger partial charge on any atom is -0.428 e. The zero-order valence-corrected chi connectivity index (χ0v) is 7.71. The molecule has 0 atom stereocenters. The van der Waals surface area contributed by atoms with E-state index in [2.05, 4.69) is 9.97 Å². The van der Waals surface area contributed by atoms with Crippen molar-refractivity contribution < 1.29 is 4.74 Å². The normalized spacial score (nSPS) is 9.17. The van der Waals surface area contributed by atoms with Crippen LogP contribution in [0.3, 0.4) is 0 Å². The molecule has 0 saturated heterocycles. The molecule has 5 heteroatoms. The first-order valence-electron chi connectivity index (χ1n) is 3.34. The van der Waals surface area contributed by atoms with Crippen LogP contribution in [0.25, 0.3) is 0 Å². The van der Waals surface area contributed by atoms with Crippen LogP contribution in [0.4, 0.5) is 0 Å². The molecule has 1 rings (SSSR count). The molecule has 0 spiro atoms. The highest BCUT2D eigenvalue weighted by atomic mass is 32.1. The van der Waals surface area contributed by atoms with Crippen molar-refractivity contribution in [2.24, 2.45) is 0 Å². The summed E-state index contributed by atoms with van der Waals surface area (Å²) in [6.45, 7) is 0. The van der Waals surface area contributed by atoms with Gasteiger partial charge in [-0.25, -0.2) is 9.97 Å². The van der Waals surface area contributed by atoms with E-state index in [0.29, 0.717) is 10.9 Å². The molecule has 0 radical (unpaired) electrons. The second-order valence-electron chi connectivity index (χ2n) is 2.34. The molecule has 0 saturated carbocycles. The summed E-state index contributed by atoms with van der Waals surface area (Å²) in [6, 6.07) is 0. The van der Waals surface area contributed by atoms with E-state index in [9.17, 15) is 0 Å². The molecular formula is C7H9N3OS. The fourth-order valence-corrected chi connectivity index (χ4v) is 0.626. The monoisotopic (exact) mass is 183 g/mol. The molecule has 0 aliphatic heterocycles. The van der Waals surface area contributed by atoms with Crippen LogP contribution in [0.5, 0.6) is 5.75 Å². The third kappa shape index (κ3) is 2.43. The second-order valence-corrected chi connectivity index (χ2v) is 2.69. The predicted octanol–water partition coefficient (Wildman–Crippen LogP) is 0.702. The topological polar surface area (TPSA) is 38.2 Å². The molecule has 0 aliphatic carbocycles. The van der Waals surface area contributed by atoms with Crippen molar-refractivity contribution in [3.05, 3.63) is 18.7 Å². The van der Waals surface area contributed by atoms with Gasteiger partial charge in [0.15, 0.2) is 5.75 Å². The number of hydrogen-bond acceptors (Lipinski definition) is 4. The number of thiocarbonyl (C=S) groups is 1. The Balaban J connectivity index is 2.59. The van der Waals surface area contributed by atoms with E-state index < -0.39 is 0 Å². The summed E-state index contributed by atoms with van der Waals surface area (Å²) in [6.07, 6.45) is 4.55. The summed E-state index contributed by atoms with van der Waals surface area (Å²) in [4.78, 5) is 9.26. The number of ether oxygens (including phenoxy) is 1. The molecule has 4 nitrogen and oxygen atoms in total. The molecule has 0 aromatic carbocycles. The van der Waals surface area contributed by atoms with Crippen LogP contribution in [0.1, 0.15) is 0 Å². The Labute approximate surface area is 76.2 Å². The largest absolute Gasteiger partial charge is 0.428 e. The second kappa shape index (κ2) is 3.96. The van der Waals surface area contributed by atoms with Crippen LogP contribution in [-0.2, 0) is 0 Å². The third-order valence-electron chi connectivity index (χ3n) is 1.11. The molecular weight excluding hydrogens is 174 g/mol. The van der Waals surface area contributed by atoms with Gasteiger partial charge in [-0.1, -0.05) is 0 Å². The summed E-state index contributed by atoms with van der Waals surface area (Å²) < 4.78 is 5.21. The molecule has 1 aromatic rings. The van der Waals surface area contributed by atoms with Gasteiger partial charge in [0.1, 0.15) is 6.33 Å². The van der Waals surface area contributed by atoms with Crippen LogP contribution < -0.4 is 4.74 Å². The van der Waals surface area contributed by atoms with E-state index in [0.717, 1.165) is 0 Å². The number of hydrogen-bond donors (Lipinski definition) is 0. The average molecular weight is 183 g/mol. The molecule has 1 heterocycles. The minimum atomic E-state index is 0.393. The number of aromatic nitrogens is 2. The lowest BCUT2D eigenvalue weighted by Crippen LogP contribution is -2.25. The van der Waals surface area contributed by atoms with Gasteiger partial charge in [0.05, 0.1) is 12.4 Å². The molecule has 12 heavy (non-hydrogen) atoms. The predicted molar refractivity (Wildman–Crippen MR) is 48.9 cm³/mol. The summed E-state index contributed by atoms with van der Waals surface area (Å²) in [5.74, 6) is 0.552. The number of rotatable bonds is 1. The highest BCUT2D eigenvalue weighted by molar-refractivity contribution is 7.80. The molecule has 64 valence electrons. The van der Waals surface area contributed by atoms with Crippen LogP contribution in [0.2, 0.25) is 0 Å². The Morgan fingerprint density at radius 1 is 1.42 bits per heavy atom. The summed E-state index contributed by atoms with van der Waals surface area (Å²) in [5.41, 5.74) is 0. The fourth-order valence-electron chi connectivity index (χ4n) is 0.530. The zero-order chi connectivity index (χ0) is 8.97. The average Bonchev–Trinajstić information content (AvgIpc) is 2.06. The highest BCUT2D eigenvalue weighted by Gasteiger charge is 2.00. The maximum Gasteiger partial charge on any atom is 0.264 e. The van der Waals surface area contributed by atoms with Crippen LogP contribution in [-0.4, -0.2) is 34.1 Å². The Morgan fingerprint density at radius 2 is 2.00 bits per heavy atom. The molecule has 1 aromatic heterocycles. The summed E-state index contributed by atoms with van der Waals surface area (Å²) in [5, 5.41) is 0.393. The lowest BCUT2D eigenvalue weighted by atomic mass is 10.6. The molecule has 0 N–H and O–H groups in total. The van der Waals surface area contributed by atoms with E-state index in [4.69, 9.17) is 17.0 Å². The van der Waals surface area contributed by atoms with E-state index in [1.807, 2.05) is 14.1 Å². The van der Waals surface area contributed by atoms with Crippen molar-refractivity contribution in [2.75, 3.05) is 14.1 Å². The Hall–Kier alpha value is -1.23. The van der Waals surface area contributed by atoms with Crippen LogP contribution >= 0.6 is 12.2 Å². The van der Waals surface area contributed by atoms with Gasteiger partial charge in [-0.2, -0.15) is 0 Å². The van der Waals surface area contributed by atoms with E-state index >= 15 is 0 Å². The van der Waals surface area contributed by atoms with Crippen molar-refractivity contribution in [3.8, 4) is 5.75 Å². The van der Waals surface area contributed by atoms with Crippen molar-refractivity contribution in [3.63, 3.8) is 0 Å². The Morgan fingerprint density at radius 3 is 2.50 bits per heavy atom. The van der Waals surface area contributed by atoms with Gasteiger partial charge < -0.3 is 9.64 Å². The van der Waals surface area contributed by atoms with E-state index in [1.54, 1.807) is 17.3 Å². The van der Waals surface area contributed by atoms with Gasteiger partial charge in [0, 0.05) is 14.1 Å². The lowest BCUT2D eigenvalue weighted by molar-refractivity contribution is 0.446. The summed E-state index contributed by atoms with van der Waals surface area (Å²) >= 11 is 4.91.